The third-order valence-corrected chi connectivity index (χ3v) is 5.63. The van der Waals surface area contributed by atoms with Crippen LogP contribution in [0.3, 0.4) is 0 Å². The van der Waals surface area contributed by atoms with Crippen LogP contribution in [0.4, 0.5) is 5.69 Å². The number of nitrogens with one attached hydrogen (secondary N) is 1. The van der Waals surface area contributed by atoms with E-state index < -0.39 is 0 Å². The lowest BCUT2D eigenvalue weighted by atomic mass is 9.80. The van der Waals surface area contributed by atoms with Gasteiger partial charge in [0.15, 0.2) is 0 Å². The average molecular weight is 385 g/mol. The van der Waals surface area contributed by atoms with Gasteiger partial charge in [0.2, 0.25) is 5.91 Å². The van der Waals surface area contributed by atoms with E-state index in [2.05, 4.69) is 56.5 Å². The average Bonchev–Trinajstić information content (AvgIpc) is 2.62. The van der Waals surface area contributed by atoms with Gasteiger partial charge in [-0.3, -0.25) is 9.69 Å². The van der Waals surface area contributed by atoms with Crippen LogP contribution in [0.25, 0.3) is 0 Å². The van der Waals surface area contributed by atoms with Crippen LogP contribution in [0.1, 0.15) is 36.3 Å². The Morgan fingerprint density at radius 2 is 1.75 bits per heavy atom. The van der Waals surface area contributed by atoms with Gasteiger partial charge in [0.1, 0.15) is 6.04 Å². The predicted octanol–water partition coefficient (Wildman–Crippen LogP) is 4.39. The second kappa shape index (κ2) is 6.69. The summed E-state index contributed by atoms with van der Waals surface area (Å²) in [5, 5.41) is 3.13. The molecule has 3 nitrogen and oxygen atoms in total. The monoisotopic (exact) mass is 384 g/mol. The summed E-state index contributed by atoms with van der Waals surface area (Å²) in [7, 11) is 0. The highest BCUT2D eigenvalue weighted by Crippen LogP contribution is 2.41. The van der Waals surface area contributed by atoms with Gasteiger partial charge in [0.25, 0.3) is 0 Å². The summed E-state index contributed by atoms with van der Waals surface area (Å²) in [6.07, 6.45) is 3.62. The molecule has 1 N–H and O–H groups in total. The van der Waals surface area contributed by atoms with Crippen LogP contribution >= 0.6 is 15.9 Å². The Morgan fingerprint density at radius 3 is 2.50 bits per heavy atom. The predicted molar refractivity (Wildman–Crippen MR) is 100 cm³/mol. The van der Waals surface area contributed by atoms with Gasteiger partial charge < -0.3 is 5.32 Å². The molecule has 1 amide bonds. The Labute approximate surface area is 151 Å². The number of carbonyl (C=O) groups excluding carboxylic acids is 1. The number of halogens is 1. The van der Waals surface area contributed by atoms with Crippen molar-refractivity contribution in [2.24, 2.45) is 0 Å². The van der Waals surface area contributed by atoms with Crippen molar-refractivity contribution in [2.75, 3.05) is 18.4 Å². The lowest BCUT2D eigenvalue weighted by Gasteiger charge is -2.41. The summed E-state index contributed by atoms with van der Waals surface area (Å²) in [4.78, 5) is 15.3. The Hall–Kier alpha value is -1.65. The van der Waals surface area contributed by atoms with Crippen molar-refractivity contribution in [3.63, 3.8) is 0 Å². The fourth-order valence-corrected chi connectivity index (χ4v) is 4.41. The summed E-state index contributed by atoms with van der Waals surface area (Å²) in [5.41, 5.74) is 3.35. The highest BCUT2D eigenvalue weighted by Gasteiger charge is 2.40. The van der Waals surface area contributed by atoms with E-state index in [0.29, 0.717) is 0 Å². The van der Waals surface area contributed by atoms with E-state index in [4.69, 9.17) is 0 Å². The molecule has 0 unspecified atom stereocenters. The molecule has 0 aromatic heterocycles. The van der Waals surface area contributed by atoms with E-state index in [-0.39, 0.29) is 17.9 Å². The number of nitrogens with zero attached hydrogens (tertiary/aromatic N) is 1. The first-order valence-corrected chi connectivity index (χ1v) is 9.42. The molecule has 1 fully saturated rings. The number of carbonyl (C=O) groups is 1. The van der Waals surface area contributed by atoms with E-state index in [1.807, 2.05) is 18.2 Å². The number of rotatable bonds is 2. The van der Waals surface area contributed by atoms with Gasteiger partial charge in [-0.2, -0.15) is 0 Å². The Kier molecular flexibility index (Phi) is 4.42. The number of fused-ring (bicyclic) bond motifs is 1. The molecule has 4 rings (SSSR count). The van der Waals surface area contributed by atoms with E-state index in [9.17, 15) is 4.79 Å². The molecule has 124 valence electrons. The molecule has 2 aromatic rings. The number of likely N-dealkylation sites (tertiary alicyclic amines) is 1. The largest absolute Gasteiger partial charge is 0.324 e. The molecular formula is C20H21BrN2O. The SMILES string of the molecule is O=C1Nc2ccc(Br)cc2[C@H](c2ccccc2)[C@@H]1N1CCCCC1. The minimum atomic E-state index is -0.130. The zero-order valence-corrected chi connectivity index (χ0v) is 15.1. The minimum Gasteiger partial charge on any atom is -0.324 e. The van der Waals surface area contributed by atoms with E-state index in [0.717, 1.165) is 23.2 Å². The summed E-state index contributed by atoms with van der Waals surface area (Å²) >= 11 is 3.60. The first-order chi connectivity index (χ1) is 11.7. The van der Waals surface area contributed by atoms with Crippen LogP contribution in [-0.2, 0) is 4.79 Å². The molecule has 2 heterocycles. The van der Waals surface area contributed by atoms with Crippen LogP contribution in [0, 0.1) is 0 Å². The smallest absolute Gasteiger partial charge is 0.242 e. The molecule has 2 atom stereocenters. The van der Waals surface area contributed by atoms with Gasteiger partial charge in [-0.1, -0.05) is 52.7 Å². The van der Waals surface area contributed by atoms with Gasteiger partial charge in [0.05, 0.1) is 0 Å². The zero-order chi connectivity index (χ0) is 16.5. The highest BCUT2D eigenvalue weighted by atomic mass is 79.9. The first kappa shape index (κ1) is 15.9. The fraction of sp³-hybridized carbons (Fsp3) is 0.350. The number of hydrogen-bond acceptors (Lipinski definition) is 2. The van der Waals surface area contributed by atoms with Crippen molar-refractivity contribution in [1.82, 2.24) is 4.90 Å². The Balaban J connectivity index is 1.83. The first-order valence-electron chi connectivity index (χ1n) is 8.63. The maximum atomic E-state index is 13.0. The van der Waals surface area contributed by atoms with Crippen molar-refractivity contribution in [2.45, 2.75) is 31.2 Å². The third-order valence-electron chi connectivity index (χ3n) is 5.13. The summed E-state index contributed by atoms with van der Waals surface area (Å²) < 4.78 is 1.05. The maximum Gasteiger partial charge on any atom is 0.242 e. The molecule has 2 aliphatic heterocycles. The Bertz CT molecular complexity index is 741. The topological polar surface area (TPSA) is 32.3 Å². The van der Waals surface area contributed by atoms with Gasteiger partial charge in [-0.25, -0.2) is 0 Å². The van der Waals surface area contributed by atoms with Gasteiger partial charge >= 0.3 is 0 Å². The van der Waals surface area contributed by atoms with Crippen LogP contribution in [-0.4, -0.2) is 29.9 Å². The van der Waals surface area contributed by atoms with Crippen molar-refractivity contribution < 1.29 is 4.79 Å². The van der Waals surface area contributed by atoms with Crippen LogP contribution < -0.4 is 5.32 Å². The number of anilines is 1. The van der Waals surface area contributed by atoms with Gasteiger partial charge in [0, 0.05) is 16.1 Å². The minimum absolute atomic E-state index is 0.0746. The molecule has 2 aliphatic rings. The fourth-order valence-electron chi connectivity index (χ4n) is 4.03. The molecule has 4 heteroatoms. The van der Waals surface area contributed by atoms with Crippen molar-refractivity contribution >= 4 is 27.5 Å². The maximum absolute atomic E-state index is 13.0. The van der Waals surface area contributed by atoms with Crippen molar-refractivity contribution in [3.8, 4) is 0 Å². The number of benzene rings is 2. The molecule has 0 spiro atoms. The zero-order valence-electron chi connectivity index (χ0n) is 13.5. The molecule has 0 aliphatic carbocycles. The summed E-state index contributed by atoms with van der Waals surface area (Å²) in [6.45, 7) is 2.01. The van der Waals surface area contributed by atoms with Gasteiger partial charge in [-0.05, 0) is 55.3 Å². The molecule has 0 saturated carbocycles. The summed E-state index contributed by atoms with van der Waals surface area (Å²) in [5.74, 6) is 0.200. The molecular weight excluding hydrogens is 364 g/mol. The van der Waals surface area contributed by atoms with Crippen LogP contribution in [0.5, 0.6) is 0 Å². The molecule has 2 aromatic carbocycles. The quantitative estimate of drug-likeness (QED) is 0.832. The number of amides is 1. The normalized spacial score (nSPS) is 24.3. The van der Waals surface area contributed by atoms with Crippen LogP contribution in [0.2, 0.25) is 0 Å². The molecule has 0 bridgehead atoms. The summed E-state index contributed by atoms with van der Waals surface area (Å²) in [6, 6.07) is 16.5. The van der Waals surface area contributed by atoms with Crippen LogP contribution in [0.15, 0.2) is 53.0 Å². The highest BCUT2D eigenvalue weighted by molar-refractivity contribution is 9.10. The van der Waals surface area contributed by atoms with E-state index in [1.54, 1.807) is 0 Å². The van der Waals surface area contributed by atoms with Crippen molar-refractivity contribution in [1.29, 1.82) is 0 Å². The van der Waals surface area contributed by atoms with Gasteiger partial charge in [-0.15, -0.1) is 0 Å². The lowest BCUT2D eigenvalue weighted by molar-refractivity contribution is -0.122. The number of hydrogen-bond donors (Lipinski definition) is 1. The Morgan fingerprint density at radius 1 is 1.00 bits per heavy atom. The van der Waals surface area contributed by atoms with E-state index in [1.165, 1.54) is 30.4 Å². The second-order valence-corrected chi connectivity index (χ2v) is 7.57. The van der Waals surface area contributed by atoms with Crippen molar-refractivity contribution in [3.05, 3.63) is 64.1 Å². The third kappa shape index (κ3) is 2.89. The molecule has 1 saturated heterocycles. The second-order valence-electron chi connectivity index (χ2n) is 6.65. The number of piperidine rings is 1. The van der Waals surface area contributed by atoms with E-state index >= 15 is 0 Å². The standard InChI is InChI=1S/C20H21BrN2O/c21-15-9-10-17-16(13-15)18(14-7-3-1-4-8-14)19(20(24)22-17)23-11-5-2-6-12-23/h1,3-4,7-10,13,18-19H,2,5-6,11-12H2,(H,22,24)/t18-,19-/m0/s1. The molecule has 0 radical (unpaired) electrons. The lowest BCUT2D eigenvalue weighted by Crippen LogP contribution is -2.52. The molecule has 24 heavy (non-hydrogen) atoms.